The normalized spacial score (nSPS) is 9.00. The highest BCUT2D eigenvalue weighted by atomic mass is 35.5. The van der Waals surface area contributed by atoms with Gasteiger partial charge in [0.2, 0.25) is 5.91 Å². The van der Waals surface area contributed by atoms with Gasteiger partial charge in [0.1, 0.15) is 0 Å². The molecule has 0 bridgehead atoms. The summed E-state index contributed by atoms with van der Waals surface area (Å²) in [6, 6.07) is 3.86. The summed E-state index contributed by atoms with van der Waals surface area (Å²) in [5.74, 6) is 0.0572. The third-order valence-corrected chi connectivity index (χ3v) is 2.26. The molecule has 2 N–H and O–H groups in total. The third-order valence-electron chi connectivity index (χ3n) is 2.26. The average Bonchev–Trinajstić information content (AvgIpc) is 2.28. The fourth-order valence-electron chi connectivity index (χ4n) is 1.34. The lowest BCUT2D eigenvalue weighted by Crippen LogP contribution is -2.27. The number of rotatable bonds is 6. The topological polar surface area (TPSA) is 54.0 Å². The minimum absolute atomic E-state index is 0. The molecule has 0 saturated carbocycles. The first-order valence-electron chi connectivity index (χ1n) is 5.55. The molecule has 0 radical (unpaired) electrons. The van der Waals surface area contributed by atoms with Gasteiger partial charge < -0.3 is 10.6 Å². The maximum atomic E-state index is 11.5. The highest BCUT2D eigenvalue weighted by Crippen LogP contribution is 1.99. The van der Waals surface area contributed by atoms with Gasteiger partial charge in [-0.2, -0.15) is 0 Å². The summed E-state index contributed by atoms with van der Waals surface area (Å²) in [7, 11) is 1.90. The van der Waals surface area contributed by atoms with Crippen LogP contribution in [0.25, 0.3) is 0 Å². The molecule has 1 aromatic heterocycles. The Labute approximate surface area is 121 Å². The average molecular weight is 294 g/mol. The van der Waals surface area contributed by atoms with Crippen molar-refractivity contribution in [2.45, 2.75) is 19.8 Å². The van der Waals surface area contributed by atoms with Crippen LogP contribution in [-0.2, 0) is 11.2 Å². The van der Waals surface area contributed by atoms with E-state index in [1.165, 1.54) is 0 Å². The van der Waals surface area contributed by atoms with Gasteiger partial charge in [-0.3, -0.25) is 9.78 Å². The number of carbonyl (C=O) groups excluding carboxylic acids is 1. The maximum Gasteiger partial charge on any atom is 0.224 e. The number of hydrogen-bond acceptors (Lipinski definition) is 3. The molecule has 0 unspecified atom stereocenters. The summed E-state index contributed by atoms with van der Waals surface area (Å²) in [6.45, 7) is 3.58. The van der Waals surface area contributed by atoms with E-state index < -0.39 is 0 Å². The molecule has 1 heterocycles. The van der Waals surface area contributed by atoms with E-state index in [-0.39, 0.29) is 30.7 Å². The molecule has 6 heteroatoms. The third kappa shape index (κ3) is 8.28. The van der Waals surface area contributed by atoms with Crippen LogP contribution in [-0.4, -0.2) is 31.0 Å². The zero-order chi connectivity index (χ0) is 11.8. The number of amides is 1. The zero-order valence-corrected chi connectivity index (χ0v) is 12.4. The number of pyridine rings is 1. The molecule has 4 nitrogen and oxygen atoms in total. The van der Waals surface area contributed by atoms with Crippen molar-refractivity contribution >= 4 is 30.7 Å². The highest BCUT2D eigenvalue weighted by molar-refractivity contribution is 5.85. The molecule has 0 aliphatic heterocycles. The molecule has 0 fully saturated rings. The molecule has 1 aromatic rings. The van der Waals surface area contributed by atoms with Gasteiger partial charge in [0.05, 0.1) is 6.42 Å². The first-order valence-corrected chi connectivity index (χ1v) is 5.55. The Morgan fingerprint density at radius 2 is 2.00 bits per heavy atom. The SMILES string of the molecule is CNCCCNC(=O)Cc1ccc(C)nc1.Cl.Cl. The Kier molecular flexibility index (Phi) is 12.2. The summed E-state index contributed by atoms with van der Waals surface area (Å²) in [5, 5.41) is 5.91. The van der Waals surface area contributed by atoms with E-state index in [1.807, 2.05) is 26.1 Å². The lowest BCUT2D eigenvalue weighted by Gasteiger charge is -2.05. The second-order valence-corrected chi connectivity index (χ2v) is 3.79. The fraction of sp³-hybridized carbons (Fsp3) is 0.500. The van der Waals surface area contributed by atoms with Crippen LogP contribution < -0.4 is 10.6 Å². The summed E-state index contributed by atoms with van der Waals surface area (Å²) in [6.07, 6.45) is 3.11. The molecule has 0 aliphatic rings. The largest absolute Gasteiger partial charge is 0.356 e. The summed E-state index contributed by atoms with van der Waals surface area (Å²) in [5.41, 5.74) is 1.93. The van der Waals surface area contributed by atoms with Gasteiger partial charge in [-0.1, -0.05) is 6.07 Å². The van der Waals surface area contributed by atoms with Crippen LogP contribution in [0.3, 0.4) is 0 Å². The van der Waals surface area contributed by atoms with Crippen molar-refractivity contribution < 1.29 is 4.79 Å². The number of hydrogen-bond donors (Lipinski definition) is 2. The van der Waals surface area contributed by atoms with Crippen LogP contribution in [0.4, 0.5) is 0 Å². The van der Waals surface area contributed by atoms with E-state index in [0.29, 0.717) is 6.42 Å². The second kappa shape index (κ2) is 11.3. The van der Waals surface area contributed by atoms with Gasteiger partial charge >= 0.3 is 0 Å². The number of aromatic nitrogens is 1. The van der Waals surface area contributed by atoms with Crippen LogP contribution in [0.5, 0.6) is 0 Å². The van der Waals surface area contributed by atoms with Crippen molar-refractivity contribution in [3.8, 4) is 0 Å². The van der Waals surface area contributed by atoms with Crippen LogP contribution in [0, 0.1) is 6.92 Å². The van der Waals surface area contributed by atoms with Gasteiger partial charge in [0.25, 0.3) is 0 Å². The van der Waals surface area contributed by atoms with E-state index in [9.17, 15) is 4.79 Å². The monoisotopic (exact) mass is 293 g/mol. The number of nitrogens with one attached hydrogen (secondary N) is 2. The summed E-state index contributed by atoms with van der Waals surface area (Å²) >= 11 is 0. The van der Waals surface area contributed by atoms with Crippen molar-refractivity contribution in [2.24, 2.45) is 0 Å². The highest BCUT2D eigenvalue weighted by Gasteiger charge is 2.02. The number of carbonyl (C=O) groups is 1. The van der Waals surface area contributed by atoms with Gasteiger partial charge in [-0.05, 0) is 38.6 Å². The van der Waals surface area contributed by atoms with E-state index in [1.54, 1.807) is 6.20 Å². The molecule has 18 heavy (non-hydrogen) atoms. The lowest BCUT2D eigenvalue weighted by molar-refractivity contribution is -0.120. The smallest absolute Gasteiger partial charge is 0.224 e. The maximum absolute atomic E-state index is 11.5. The van der Waals surface area contributed by atoms with Crippen molar-refractivity contribution in [1.82, 2.24) is 15.6 Å². The minimum Gasteiger partial charge on any atom is -0.356 e. The van der Waals surface area contributed by atoms with Crippen molar-refractivity contribution in [2.75, 3.05) is 20.1 Å². The van der Waals surface area contributed by atoms with Crippen molar-refractivity contribution in [3.63, 3.8) is 0 Å². The Hall–Kier alpha value is -0.840. The Morgan fingerprint density at radius 3 is 2.56 bits per heavy atom. The molecule has 0 atom stereocenters. The van der Waals surface area contributed by atoms with Gasteiger partial charge in [0.15, 0.2) is 0 Å². The van der Waals surface area contributed by atoms with E-state index in [2.05, 4.69) is 15.6 Å². The van der Waals surface area contributed by atoms with E-state index >= 15 is 0 Å². The molecular weight excluding hydrogens is 273 g/mol. The molecule has 0 spiro atoms. The van der Waals surface area contributed by atoms with Gasteiger partial charge in [0, 0.05) is 18.4 Å². The van der Waals surface area contributed by atoms with Crippen LogP contribution in [0.1, 0.15) is 17.7 Å². The molecular formula is C12H21Cl2N3O. The lowest BCUT2D eigenvalue weighted by atomic mass is 10.2. The zero-order valence-electron chi connectivity index (χ0n) is 10.7. The number of nitrogens with zero attached hydrogens (tertiary/aromatic N) is 1. The van der Waals surface area contributed by atoms with Crippen molar-refractivity contribution in [3.05, 3.63) is 29.6 Å². The fourth-order valence-corrected chi connectivity index (χ4v) is 1.34. The molecule has 0 saturated heterocycles. The Morgan fingerprint density at radius 1 is 1.28 bits per heavy atom. The quantitative estimate of drug-likeness (QED) is 0.782. The molecule has 0 aliphatic carbocycles. The standard InChI is InChI=1S/C12H19N3O.2ClH/c1-10-4-5-11(9-15-10)8-12(16)14-7-3-6-13-2;;/h4-5,9,13H,3,6-8H2,1-2H3,(H,14,16);2*1H. The predicted octanol–water partition coefficient (Wildman–Crippen LogP) is 1.50. The number of halogens is 2. The van der Waals surface area contributed by atoms with E-state index in [0.717, 1.165) is 30.8 Å². The van der Waals surface area contributed by atoms with Crippen LogP contribution in [0.15, 0.2) is 18.3 Å². The second-order valence-electron chi connectivity index (χ2n) is 3.79. The van der Waals surface area contributed by atoms with Gasteiger partial charge in [-0.15, -0.1) is 24.8 Å². The van der Waals surface area contributed by atoms with E-state index in [4.69, 9.17) is 0 Å². The molecule has 1 rings (SSSR count). The Bertz CT molecular complexity index is 331. The minimum atomic E-state index is 0. The molecule has 0 aromatic carbocycles. The molecule has 1 amide bonds. The van der Waals surface area contributed by atoms with Gasteiger partial charge in [-0.25, -0.2) is 0 Å². The Balaban J connectivity index is 0. The number of aryl methyl sites for hydroxylation is 1. The van der Waals surface area contributed by atoms with Crippen molar-refractivity contribution in [1.29, 1.82) is 0 Å². The molecule has 104 valence electrons. The first-order chi connectivity index (χ1) is 7.72. The van der Waals surface area contributed by atoms with Crippen LogP contribution in [0.2, 0.25) is 0 Å². The predicted molar refractivity (Wildman–Crippen MR) is 78.7 cm³/mol. The summed E-state index contributed by atoms with van der Waals surface area (Å²) in [4.78, 5) is 15.7. The van der Waals surface area contributed by atoms with Crippen LogP contribution >= 0.6 is 24.8 Å². The summed E-state index contributed by atoms with van der Waals surface area (Å²) < 4.78 is 0. The first kappa shape index (κ1) is 19.5.